The Morgan fingerprint density at radius 2 is 1.89 bits per heavy atom. The number of piperidine rings is 1. The molecule has 2 aliphatic heterocycles. The molecular formula is C20H21N7O. The molecule has 0 aromatic carbocycles. The zero-order valence-corrected chi connectivity index (χ0v) is 15.4. The highest BCUT2D eigenvalue weighted by molar-refractivity contribution is 5.61. The molecule has 2 N–H and O–H groups in total. The number of nitrogen functional groups attached to an aromatic ring is 1. The Morgan fingerprint density at radius 3 is 2.71 bits per heavy atom. The van der Waals surface area contributed by atoms with Crippen LogP contribution < -0.4 is 11.3 Å². The highest BCUT2D eigenvalue weighted by Crippen LogP contribution is 2.36. The van der Waals surface area contributed by atoms with Crippen LogP contribution in [0.5, 0.6) is 0 Å². The van der Waals surface area contributed by atoms with Gasteiger partial charge < -0.3 is 10.3 Å². The first-order valence-corrected chi connectivity index (χ1v) is 9.44. The van der Waals surface area contributed by atoms with E-state index in [1.807, 2.05) is 17.0 Å². The topological polar surface area (TPSA) is 103 Å². The van der Waals surface area contributed by atoms with Crippen molar-refractivity contribution < 1.29 is 0 Å². The summed E-state index contributed by atoms with van der Waals surface area (Å²) in [6.45, 7) is 3.50. The van der Waals surface area contributed by atoms with Gasteiger partial charge >= 0.3 is 0 Å². The number of hydrogen-bond donors (Lipinski definition) is 1. The molecule has 8 nitrogen and oxygen atoms in total. The highest BCUT2D eigenvalue weighted by Gasteiger charge is 2.35. The fourth-order valence-electron chi connectivity index (χ4n) is 4.54. The molecule has 8 heteroatoms. The molecule has 142 valence electrons. The first-order valence-electron chi connectivity index (χ1n) is 9.44. The van der Waals surface area contributed by atoms with Gasteiger partial charge in [0.25, 0.3) is 5.56 Å². The number of pyridine rings is 1. The second-order valence-corrected chi connectivity index (χ2v) is 7.69. The minimum absolute atomic E-state index is 0.0318. The number of nitrogens with two attached hydrogens (primary N) is 1. The van der Waals surface area contributed by atoms with Gasteiger partial charge in [-0.15, -0.1) is 0 Å². The van der Waals surface area contributed by atoms with Gasteiger partial charge in [0.05, 0.1) is 5.69 Å². The van der Waals surface area contributed by atoms with E-state index in [4.69, 9.17) is 5.73 Å². The Hall–Kier alpha value is -3.13. The van der Waals surface area contributed by atoms with Gasteiger partial charge in [-0.1, -0.05) is 0 Å². The molecule has 5 heterocycles. The van der Waals surface area contributed by atoms with Gasteiger partial charge in [-0.25, -0.2) is 19.9 Å². The van der Waals surface area contributed by atoms with Crippen LogP contribution in [0.1, 0.15) is 23.6 Å². The van der Waals surface area contributed by atoms with E-state index >= 15 is 0 Å². The van der Waals surface area contributed by atoms with Gasteiger partial charge in [0.2, 0.25) is 0 Å². The average molecular weight is 375 g/mol. The molecular weight excluding hydrogens is 354 g/mol. The van der Waals surface area contributed by atoms with Crippen molar-refractivity contribution in [1.29, 1.82) is 0 Å². The van der Waals surface area contributed by atoms with Crippen LogP contribution in [-0.4, -0.2) is 42.5 Å². The molecule has 3 aromatic rings. The van der Waals surface area contributed by atoms with Crippen LogP contribution in [0.3, 0.4) is 0 Å². The Labute approximate surface area is 162 Å². The van der Waals surface area contributed by atoms with Gasteiger partial charge in [0, 0.05) is 73.4 Å². The van der Waals surface area contributed by atoms with Gasteiger partial charge in [-0.3, -0.25) is 9.69 Å². The monoisotopic (exact) mass is 375 g/mol. The number of hydrogen-bond acceptors (Lipinski definition) is 7. The quantitative estimate of drug-likeness (QED) is 0.736. The predicted molar refractivity (Wildman–Crippen MR) is 104 cm³/mol. The second kappa shape index (κ2) is 6.79. The molecule has 0 saturated carbocycles. The summed E-state index contributed by atoms with van der Waals surface area (Å²) < 4.78 is 1.94. The molecule has 0 unspecified atom stereocenters. The van der Waals surface area contributed by atoms with Crippen LogP contribution in [0.4, 0.5) is 5.82 Å². The van der Waals surface area contributed by atoms with Gasteiger partial charge in [-0.05, 0) is 18.4 Å². The minimum atomic E-state index is 0.0318. The number of anilines is 1. The molecule has 2 aliphatic rings. The van der Waals surface area contributed by atoms with Gasteiger partial charge in [0.1, 0.15) is 18.5 Å². The first kappa shape index (κ1) is 17.0. The van der Waals surface area contributed by atoms with Crippen LogP contribution >= 0.6 is 0 Å². The van der Waals surface area contributed by atoms with E-state index in [9.17, 15) is 4.79 Å². The van der Waals surface area contributed by atoms with Crippen molar-refractivity contribution in [1.82, 2.24) is 29.4 Å². The lowest BCUT2D eigenvalue weighted by atomic mass is 9.82. The summed E-state index contributed by atoms with van der Waals surface area (Å²) in [5.74, 6) is 1.20. The van der Waals surface area contributed by atoms with E-state index in [0.29, 0.717) is 23.3 Å². The fourth-order valence-corrected chi connectivity index (χ4v) is 4.54. The van der Waals surface area contributed by atoms with Crippen molar-refractivity contribution in [2.75, 3.05) is 18.8 Å². The van der Waals surface area contributed by atoms with E-state index in [1.165, 1.54) is 6.33 Å². The summed E-state index contributed by atoms with van der Waals surface area (Å²) >= 11 is 0. The van der Waals surface area contributed by atoms with E-state index in [0.717, 1.165) is 49.4 Å². The Kier molecular flexibility index (Phi) is 4.12. The number of rotatable bonds is 3. The maximum Gasteiger partial charge on any atom is 0.251 e. The molecule has 1 saturated heterocycles. The molecule has 5 rings (SSSR count). The number of fused-ring (bicyclic) bond motifs is 4. The van der Waals surface area contributed by atoms with Crippen LogP contribution in [0, 0.1) is 5.92 Å². The molecule has 2 bridgehead atoms. The third-order valence-corrected chi connectivity index (χ3v) is 5.64. The van der Waals surface area contributed by atoms with Crippen molar-refractivity contribution in [3.63, 3.8) is 0 Å². The Morgan fingerprint density at radius 1 is 1.04 bits per heavy atom. The summed E-state index contributed by atoms with van der Waals surface area (Å²) in [5, 5.41) is 0. The summed E-state index contributed by atoms with van der Waals surface area (Å²) in [4.78, 5) is 31.7. The number of nitrogens with zero attached hydrogens (tertiary/aromatic N) is 6. The Bertz CT molecular complexity index is 1070. The number of likely N-dealkylation sites (tertiary alicyclic amines) is 1. The van der Waals surface area contributed by atoms with Gasteiger partial charge in [-0.2, -0.15) is 0 Å². The molecule has 0 spiro atoms. The molecule has 0 aliphatic carbocycles. The zero-order chi connectivity index (χ0) is 19.1. The average Bonchev–Trinajstić information content (AvgIpc) is 2.69. The van der Waals surface area contributed by atoms with Crippen molar-refractivity contribution in [2.24, 2.45) is 5.92 Å². The maximum absolute atomic E-state index is 12.8. The van der Waals surface area contributed by atoms with E-state index in [1.54, 1.807) is 18.5 Å². The second-order valence-electron chi connectivity index (χ2n) is 7.69. The van der Waals surface area contributed by atoms with E-state index < -0.39 is 0 Å². The smallest absolute Gasteiger partial charge is 0.251 e. The lowest BCUT2D eigenvalue weighted by Crippen LogP contribution is -2.46. The van der Waals surface area contributed by atoms with Crippen LogP contribution in [0.15, 0.2) is 48.0 Å². The lowest BCUT2D eigenvalue weighted by Gasteiger charge is -2.43. The predicted octanol–water partition coefficient (Wildman–Crippen LogP) is 1.30. The third kappa shape index (κ3) is 3.16. The summed E-state index contributed by atoms with van der Waals surface area (Å²) in [7, 11) is 0. The lowest BCUT2D eigenvalue weighted by molar-refractivity contribution is 0.114. The normalized spacial score (nSPS) is 21.3. The minimum Gasteiger partial charge on any atom is -0.384 e. The third-order valence-electron chi connectivity index (χ3n) is 5.64. The molecule has 0 amide bonds. The van der Waals surface area contributed by atoms with Crippen molar-refractivity contribution in [2.45, 2.75) is 25.4 Å². The van der Waals surface area contributed by atoms with Crippen LogP contribution in [0.25, 0.3) is 11.3 Å². The molecule has 3 aromatic heterocycles. The molecule has 2 atom stereocenters. The largest absolute Gasteiger partial charge is 0.384 e. The maximum atomic E-state index is 12.8. The Balaban J connectivity index is 1.47. The van der Waals surface area contributed by atoms with Crippen LogP contribution in [-0.2, 0) is 13.1 Å². The summed E-state index contributed by atoms with van der Waals surface area (Å²) in [5.41, 5.74) is 9.52. The van der Waals surface area contributed by atoms with Crippen molar-refractivity contribution >= 4 is 5.82 Å². The molecule has 0 radical (unpaired) electrons. The first-order chi connectivity index (χ1) is 13.7. The van der Waals surface area contributed by atoms with Crippen LogP contribution in [0.2, 0.25) is 0 Å². The summed E-state index contributed by atoms with van der Waals surface area (Å²) in [6, 6.07) is 5.46. The van der Waals surface area contributed by atoms with Gasteiger partial charge in [0.15, 0.2) is 0 Å². The van der Waals surface area contributed by atoms with E-state index in [2.05, 4.69) is 30.9 Å². The highest BCUT2D eigenvalue weighted by atomic mass is 16.1. The zero-order valence-electron chi connectivity index (χ0n) is 15.4. The number of aromatic nitrogens is 5. The van der Waals surface area contributed by atoms with Crippen molar-refractivity contribution in [3.8, 4) is 11.3 Å². The van der Waals surface area contributed by atoms with E-state index in [-0.39, 0.29) is 5.56 Å². The summed E-state index contributed by atoms with van der Waals surface area (Å²) in [6.07, 6.45) is 7.83. The fraction of sp³-hybridized carbons (Fsp3) is 0.350. The van der Waals surface area contributed by atoms with Crippen molar-refractivity contribution in [3.05, 3.63) is 64.9 Å². The molecule has 1 fully saturated rings. The standard InChI is InChI=1S/C20H21N7O/c21-19-4-17(24-12-25-19)15-2-18-16-1-13(9-27(18)20(28)3-15)7-26(10-16)8-14-5-22-11-23-6-14/h2-6,11-13,16H,1,7-10H2,(H2,21,24,25)/t13-,16+/m0/s1. The SMILES string of the molecule is Nc1cc(-c2cc3n(c(=O)c2)C[C@H]2C[C@@H]3CN(Cc3cncnc3)C2)ncn1. The molecule has 28 heavy (non-hydrogen) atoms.